The molecule has 1 saturated carbocycles. The van der Waals surface area contributed by atoms with E-state index in [1.54, 1.807) is 17.1 Å². The second kappa shape index (κ2) is 4.57. The van der Waals surface area contributed by atoms with Crippen molar-refractivity contribution in [2.45, 2.75) is 31.2 Å². The van der Waals surface area contributed by atoms with Gasteiger partial charge in [-0.25, -0.2) is 4.98 Å². The molecular formula is C11H16BrN3O. The first-order valence-electron chi connectivity index (χ1n) is 5.52. The first-order chi connectivity index (χ1) is 7.67. The SMILES string of the molecule is Cn1cncc1C(=O)NC1(CBr)CCCC1. The largest absolute Gasteiger partial charge is 0.344 e. The second-order valence-corrected chi connectivity index (χ2v) is 5.03. The highest BCUT2D eigenvalue weighted by molar-refractivity contribution is 9.09. The second-order valence-electron chi connectivity index (χ2n) is 4.46. The summed E-state index contributed by atoms with van der Waals surface area (Å²) in [6, 6.07) is 0. The normalized spacial score (nSPS) is 18.6. The summed E-state index contributed by atoms with van der Waals surface area (Å²) >= 11 is 3.51. The number of carbonyl (C=O) groups excluding carboxylic acids is 1. The van der Waals surface area contributed by atoms with Crippen LogP contribution in [0.1, 0.15) is 36.2 Å². The van der Waals surface area contributed by atoms with Crippen molar-refractivity contribution in [3.63, 3.8) is 0 Å². The van der Waals surface area contributed by atoms with E-state index in [0.717, 1.165) is 18.2 Å². The van der Waals surface area contributed by atoms with Crippen LogP contribution in [-0.4, -0.2) is 26.3 Å². The predicted octanol–water partition coefficient (Wildman–Crippen LogP) is 1.86. The van der Waals surface area contributed by atoms with Crippen LogP contribution in [0.3, 0.4) is 0 Å². The molecule has 1 N–H and O–H groups in total. The number of aryl methyl sites for hydroxylation is 1. The van der Waals surface area contributed by atoms with Crippen LogP contribution >= 0.6 is 15.9 Å². The molecule has 1 aromatic rings. The molecule has 1 fully saturated rings. The van der Waals surface area contributed by atoms with Crippen LogP contribution in [0.5, 0.6) is 0 Å². The van der Waals surface area contributed by atoms with Crippen molar-refractivity contribution in [3.8, 4) is 0 Å². The molecule has 1 aliphatic carbocycles. The number of hydrogen-bond acceptors (Lipinski definition) is 2. The monoisotopic (exact) mass is 285 g/mol. The van der Waals surface area contributed by atoms with Gasteiger partial charge in [-0.1, -0.05) is 28.8 Å². The zero-order valence-electron chi connectivity index (χ0n) is 9.37. The molecule has 0 radical (unpaired) electrons. The molecule has 1 aliphatic rings. The van der Waals surface area contributed by atoms with E-state index in [9.17, 15) is 4.79 Å². The van der Waals surface area contributed by atoms with Gasteiger partial charge in [-0.2, -0.15) is 0 Å². The lowest BCUT2D eigenvalue weighted by molar-refractivity contribution is 0.0902. The van der Waals surface area contributed by atoms with Gasteiger partial charge in [0, 0.05) is 12.4 Å². The lowest BCUT2D eigenvalue weighted by atomic mass is 10.0. The van der Waals surface area contributed by atoms with Gasteiger partial charge in [-0.05, 0) is 12.8 Å². The highest BCUT2D eigenvalue weighted by Gasteiger charge is 2.34. The number of imidazole rings is 1. The summed E-state index contributed by atoms with van der Waals surface area (Å²) in [4.78, 5) is 16.0. The third-order valence-electron chi connectivity index (χ3n) is 3.24. The summed E-state index contributed by atoms with van der Waals surface area (Å²) in [6.45, 7) is 0. The van der Waals surface area contributed by atoms with Gasteiger partial charge in [0.2, 0.25) is 0 Å². The van der Waals surface area contributed by atoms with Gasteiger partial charge >= 0.3 is 0 Å². The van der Waals surface area contributed by atoms with Crippen molar-refractivity contribution in [2.75, 3.05) is 5.33 Å². The lowest BCUT2D eigenvalue weighted by Gasteiger charge is -2.28. The van der Waals surface area contributed by atoms with E-state index in [4.69, 9.17) is 0 Å². The zero-order valence-corrected chi connectivity index (χ0v) is 11.0. The van der Waals surface area contributed by atoms with E-state index < -0.39 is 0 Å². The number of amides is 1. The molecule has 0 spiro atoms. The molecule has 0 atom stereocenters. The van der Waals surface area contributed by atoms with Gasteiger partial charge in [-0.15, -0.1) is 0 Å². The van der Waals surface area contributed by atoms with Crippen molar-refractivity contribution in [3.05, 3.63) is 18.2 Å². The molecule has 16 heavy (non-hydrogen) atoms. The number of hydrogen-bond donors (Lipinski definition) is 1. The Morgan fingerprint density at radius 2 is 2.31 bits per heavy atom. The van der Waals surface area contributed by atoms with Gasteiger partial charge in [0.15, 0.2) is 0 Å². The Morgan fingerprint density at radius 1 is 1.62 bits per heavy atom. The van der Waals surface area contributed by atoms with Crippen molar-refractivity contribution in [2.24, 2.45) is 7.05 Å². The Kier molecular flexibility index (Phi) is 3.33. The quantitative estimate of drug-likeness (QED) is 0.862. The fraction of sp³-hybridized carbons (Fsp3) is 0.636. The topological polar surface area (TPSA) is 46.9 Å². The minimum atomic E-state index is -0.0542. The Bertz CT molecular complexity index is 382. The standard InChI is InChI=1S/C11H16BrN3O/c1-15-8-13-6-9(15)10(16)14-11(7-12)4-2-3-5-11/h6,8H,2-5,7H2,1H3,(H,14,16). The average molecular weight is 286 g/mol. The van der Waals surface area contributed by atoms with Crippen LogP contribution in [0.2, 0.25) is 0 Å². The summed E-state index contributed by atoms with van der Waals surface area (Å²) in [6.07, 6.45) is 7.74. The average Bonchev–Trinajstić information content (AvgIpc) is 2.87. The van der Waals surface area contributed by atoms with Crippen LogP contribution in [0, 0.1) is 0 Å². The first kappa shape index (κ1) is 11.6. The molecule has 0 aromatic carbocycles. The number of aromatic nitrogens is 2. The van der Waals surface area contributed by atoms with E-state index in [1.807, 2.05) is 7.05 Å². The maximum atomic E-state index is 12.1. The maximum absolute atomic E-state index is 12.1. The number of alkyl halides is 1. The summed E-state index contributed by atoms with van der Waals surface area (Å²) in [5.41, 5.74) is 0.564. The van der Waals surface area contributed by atoms with Crippen LogP contribution in [-0.2, 0) is 7.05 Å². The molecule has 2 rings (SSSR count). The van der Waals surface area contributed by atoms with Gasteiger partial charge in [0.25, 0.3) is 5.91 Å². The van der Waals surface area contributed by atoms with E-state index >= 15 is 0 Å². The Balaban J connectivity index is 2.09. The van der Waals surface area contributed by atoms with Gasteiger partial charge in [0.1, 0.15) is 5.69 Å². The van der Waals surface area contributed by atoms with Crippen molar-refractivity contribution in [1.82, 2.24) is 14.9 Å². The first-order valence-corrected chi connectivity index (χ1v) is 6.64. The molecule has 1 aromatic heterocycles. The van der Waals surface area contributed by atoms with E-state index in [-0.39, 0.29) is 11.4 Å². The number of rotatable bonds is 3. The Morgan fingerprint density at radius 3 is 2.81 bits per heavy atom. The molecular weight excluding hydrogens is 270 g/mol. The molecule has 4 nitrogen and oxygen atoms in total. The summed E-state index contributed by atoms with van der Waals surface area (Å²) in [5, 5.41) is 3.96. The van der Waals surface area contributed by atoms with Crippen LogP contribution in [0.25, 0.3) is 0 Å². The Labute approximate surface area is 104 Å². The number of carbonyl (C=O) groups is 1. The highest BCUT2D eigenvalue weighted by atomic mass is 79.9. The molecule has 5 heteroatoms. The molecule has 0 unspecified atom stereocenters. The van der Waals surface area contributed by atoms with E-state index in [2.05, 4.69) is 26.2 Å². The molecule has 1 amide bonds. The van der Waals surface area contributed by atoms with Crippen LogP contribution in [0.4, 0.5) is 0 Å². The summed E-state index contributed by atoms with van der Waals surface area (Å²) in [7, 11) is 1.83. The molecule has 0 saturated heterocycles. The van der Waals surface area contributed by atoms with Crippen LogP contribution < -0.4 is 5.32 Å². The minimum absolute atomic E-state index is 0.0265. The smallest absolute Gasteiger partial charge is 0.270 e. The van der Waals surface area contributed by atoms with Crippen LogP contribution in [0.15, 0.2) is 12.5 Å². The van der Waals surface area contributed by atoms with Crippen molar-refractivity contribution < 1.29 is 4.79 Å². The third kappa shape index (κ3) is 2.14. The predicted molar refractivity (Wildman–Crippen MR) is 65.7 cm³/mol. The number of nitrogens with zero attached hydrogens (tertiary/aromatic N) is 2. The van der Waals surface area contributed by atoms with Gasteiger partial charge in [-0.3, -0.25) is 4.79 Å². The minimum Gasteiger partial charge on any atom is -0.344 e. The van der Waals surface area contributed by atoms with Crippen molar-refractivity contribution in [1.29, 1.82) is 0 Å². The van der Waals surface area contributed by atoms with E-state index in [0.29, 0.717) is 5.69 Å². The van der Waals surface area contributed by atoms with Crippen molar-refractivity contribution >= 4 is 21.8 Å². The molecule has 0 aliphatic heterocycles. The maximum Gasteiger partial charge on any atom is 0.270 e. The van der Waals surface area contributed by atoms with E-state index in [1.165, 1.54) is 12.8 Å². The fourth-order valence-electron chi connectivity index (χ4n) is 2.22. The number of nitrogens with one attached hydrogen (secondary N) is 1. The molecule has 0 bridgehead atoms. The lowest BCUT2D eigenvalue weighted by Crippen LogP contribution is -2.48. The summed E-state index contributed by atoms with van der Waals surface area (Å²) < 4.78 is 1.74. The van der Waals surface area contributed by atoms with Gasteiger partial charge in [0.05, 0.1) is 18.1 Å². The number of halogens is 1. The fourth-order valence-corrected chi connectivity index (χ4v) is 2.93. The molecule has 1 heterocycles. The highest BCUT2D eigenvalue weighted by Crippen LogP contribution is 2.31. The zero-order chi connectivity index (χ0) is 11.6. The van der Waals surface area contributed by atoms with Gasteiger partial charge < -0.3 is 9.88 Å². The third-order valence-corrected chi connectivity index (χ3v) is 4.32. The molecule has 88 valence electrons. The summed E-state index contributed by atoms with van der Waals surface area (Å²) in [5.74, 6) is -0.0265. The Hall–Kier alpha value is -0.840.